The molecule has 80 valence electrons. The van der Waals surface area contributed by atoms with Crippen LogP contribution in [0.5, 0.6) is 0 Å². The molecule has 0 radical (unpaired) electrons. The number of carboxylic acids is 1. The largest absolute Gasteiger partial charge is 0.481 e. The van der Waals surface area contributed by atoms with E-state index in [0.717, 1.165) is 12.8 Å². The molecule has 14 heavy (non-hydrogen) atoms. The van der Waals surface area contributed by atoms with Gasteiger partial charge in [-0.1, -0.05) is 19.8 Å². The predicted molar refractivity (Wildman–Crippen MR) is 46.1 cm³/mol. The summed E-state index contributed by atoms with van der Waals surface area (Å²) < 4.78 is 27.0. The van der Waals surface area contributed by atoms with Crippen molar-refractivity contribution in [2.75, 3.05) is 0 Å². The van der Waals surface area contributed by atoms with Crippen LogP contribution in [0.15, 0.2) is 0 Å². The summed E-state index contributed by atoms with van der Waals surface area (Å²) in [5, 5.41) is 8.83. The third-order valence-electron chi connectivity index (χ3n) is 4.07. The van der Waals surface area contributed by atoms with E-state index in [1.807, 2.05) is 0 Å². The molecule has 0 amide bonds. The average Bonchev–Trinajstić information content (AvgIpc) is 2.65. The maximum Gasteiger partial charge on any atom is 0.307 e. The Morgan fingerprint density at radius 3 is 2.64 bits per heavy atom. The Bertz CT molecular complexity index is 277. The van der Waals surface area contributed by atoms with E-state index < -0.39 is 29.1 Å². The number of hydrogen-bond donors (Lipinski definition) is 1. The summed E-state index contributed by atoms with van der Waals surface area (Å²) in [5.74, 6) is -5.41. The van der Waals surface area contributed by atoms with Crippen molar-refractivity contribution in [3.63, 3.8) is 0 Å². The molecule has 2 rings (SSSR count). The topological polar surface area (TPSA) is 37.3 Å². The molecule has 0 aromatic rings. The SMILES string of the molecule is C[C@@H](C(=O)O)C12CCCCC1C2(F)F. The van der Waals surface area contributed by atoms with E-state index in [9.17, 15) is 13.6 Å². The summed E-state index contributed by atoms with van der Waals surface area (Å²) in [6.07, 6.45) is 2.42. The number of alkyl halides is 2. The quantitative estimate of drug-likeness (QED) is 0.750. The third-order valence-corrected chi connectivity index (χ3v) is 4.07. The molecule has 0 heterocycles. The second-order valence-electron chi connectivity index (χ2n) is 4.52. The van der Waals surface area contributed by atoms with Crippen LogP contribution in [-0.2, 0) is 4.79 Å². The van der Waals surface area contributed by atoms with Crippen molar-refractivity contribution in [2.24, 2.45) is 17.3 Å². The average molecular weight is 204 g/mol. The number of hydrogen-bond acceptors (Lipinski definition) is 1. The van der Waals surface area contributed by atoms with E-state index in [1.165, 1.54) is 6.92 Å². The Labute approximate surface area is 81.3 Å². The lowest BCUT2D eigenvalue weighted by atomic mass is 9.79. The van der Waals surface area contributed by atoms with Crippen molar-refractivity contribution >= 4 is 5.97 Å². The molecule has 0 aliphatic heterocycles. The van der Waals surface area contributed by atoms with E-state index in [1.54, 1.807) is 0 Å². The molecule has 2 nitrogen and oxygen atoms in total. The fraction of sp³-hybridized carbons (Fsp3) is 0.900. The van der Waals surface area contributed by atoms with E-state index in [-0.39, 0.29) is 0 Å². The summed E-state index contributed by atoms with van der Waals surface area (Å²) >= 11 is 0. The third kappa shape index (κ3) is 0.916. The second-order valence-corrected chi connectivity index (χ2v) is 4.52. The van der Waals surface area contributed by atoms with Crippen molar-refractivity contribution in [1.82, 2.24) is 0 Å². The number of fused-ring (bicyclic) bond motifs is 1. The summed E-state index contributed by atoms with van der Waals surface area (Å²) in [6.45, 7) is 1.42. The van der Waals surface area contributed by atoms with Gasteiger partial charge in [0.15, 0.2) is 0 Å². The lowest BCUT2D eigenvalue weighted by Crippen LogP contribution is -2.28. The van der Waals surface area contributed by atoms with Gasteiger partial charge in [-0.25, -0.2) is 8.78 Å². The summed E-state index contributed by atoms with van der Waals surface area (Å²) in [7, 11) is 0. The van der Waals surface area contributed by atoms with E-state index in [0.29, 0.717) is 12.8 Å². The first-order valence-electron chi connectivity index (χ1n) is 5.05. The fourth-order valence-electron chi connectivity index (χ4n) is 3.13. The lowest BCUT2D eigenvalue weighted by molar-refractivity contribution is -0.146. The normalized spacial score (nSPS) is 41.2. The Kier molecular flexibility index (Phi) is 1.88. The van der Waals surface area contributed by atoms with Gasteiger partial charge in [0.05, 0.1) is 11.3 Å². The van der Waals surface area contributed by atoms with Gasteiger partial charge < -0.3 is 5.11 Å². The van der Waals surface area contributed by atoms with Crippen LogP contribution in [0.2, 0.25) is 0 Å². The first-order valence-corrected chi connectivity index (χ1v) is 5.05. The number of aliphatic carboxylic acids is 1. The Morgan fingerprint density at radius 1 is 1.50 bits per heavy atom. The maximum absolute atomic E-state index is 13.5. The van der Waals surface area contributed by atoms with Gasteiger partial charge in [-0.2, -0.15) is 0 Å². The molecule has 3 atom stereocenters. The predicted octanol–water partition coefficient (Wildman–Crippen LogP) is 2.53. The van der Waals surface area contributed by atoms with E-state index >= 15 is 0 Å². The number of halogens is 2. The molecule has 0 aromatic heterocycles. The molecule has 2 saturated carbocycles. The minimum absolute atomic E-state index is 0.373. The monoisotopic (exact) mass is 204 g/mol. The number of carbonyl (C=O) groups is 1. The highest BCUT2D eigenvalue weighted by Crippen LogP contribution is 2.75. The summed E-state index contributed by atoms with van der Waals surface area (Å²) in [5.41, 5.74) is -1.21. The van der Waals surface area contributed by atoms with Gasteiger partial charge in [-0.05, 0) is 12.8 Å². The van der Waals surface area contributed by atoms with Crippen molar-refractivity contribution < 1.29 is 18.7 Å². The fourth-order valence-corrected chi connectivity index (χ4v) is 3.13. The minimum atomic E-state index is -2.73. The van der Waals surface area contributed by atoms with Crippen molar-refractivity contribution in [2.45, 2.75) is 38.5 Å². The van der Waals surface area contributed by atoms with E-state index in [2.05, 4.69) is 0 Å². The smallest absolute Gasteiger partial charge is 0.307 e. The van der Waals surface area contributed by atoms with Crippen molar-refractivity contribution in [3.8, 4) is 0 Å². The highest BCUT2D eigenvalue weighted by Gasteiger charge is 2.82. The molecule has 0 saturated heterocycles. The standard InChI is InChI=1S/C10H14F2O2/c1-6(8(13)14)9-5-3-2-4-7(9)10(9,11)12/h6-7H,2-5H2,1H3,(H,13,14)/t6-,7?,9?/m0/s1. The van der Waals surface area contributed by atoms with Crippen LogP contribution in [0.1, 0.15) is 32.6 Å². The Hall–Kier alpha value is -0.670. The lowest BCUT2D eigenvalue weighted by Gasteiger charge is -2.23. The zero-order valence-corrected chi connectivity index (χ0v) is 8.09. The van der Waals surface area contributed by atoms with Gasteiger partial charge >= 0.3 is 5.97 Å². The highest BCUT2D eigenvalue weighted by atomic mass is 19.3. The molecular formula is C10H14F2O2. The van der Waals surface area contributed by atoms with Gasteiger partial charge in [-0.3, -0.25) is 4.79 Å². The molecule has 2 aliphatic rings. The first kappa shape index (κ1) is 9.87. The van der Waals surface area contributed by atoms with Gasteiger partial charge in [0.25, 0.3) is 5.92 Å². The molecule has 0 spiro atoms. The Balaban J connectivity index is 2.27. The van der Waals surface area contributed by atoms with Crippen LogP contribution in [0.3, 0.4) is 0 Å². The van der Waals surface area contributed by atoms with Crippen LogP contribution in [0.4, 0.5) is 8.78 Å². The second kappa shape index (κ2) is 2.67. The van der Waals surface area contributed by atoms with Crippen molar-refractivity contribution in [3.05, 3.63) is 0 Å². The molecule has 0 bridgehead atoms. The van der Waals surface area contributed by atoms with Gasteiger partial charge in [-0.15, -0.1) is 0 Å². The van der Waals surface area contributed by atoms with Crippen LogP contribution in [-0.4, -0.2) is 17.0 Å². The van der Waals surface area contributed by atoms with Crippen LogP contribution in [0, 0.1) is 17.3 Å². The molecule has 2 unspecified atom stereocenters. The number of carboxylic acid groups (broad SMARTS) is 1. The molecule has 2 aliphatic carbocycles. The van der Waals surface area contributed by atoms with Gasteiger partial charge in [0.2, 0.25) is 0 Å². The van der Waals surface area contributed by atoms with Gasteiger partial charge in [0.1, 0.15) is 0 Å². The molecule has 2 fully saturated rings. The van der Waals surface area contributed by atoms with Crippen LogP contribution < -0.4 is 0 Å². The van der Waals surface area contributed by atoms with E-state index in [4.69, 9.17) is 5.11 Å². The first-order chi connectivity index (χ1) is 6.44. The minimum Gasteiger partial charge on any atom is -0.481 e. The molecule has 0 aromatic carbocycles. The van der Waals surface area contributed by atoms with Crippen molar-refractivity contribution in [1.29, 1.82) is 0 Å². The Morgan fingerprint density at radius 2 is 2.14 bits per heavy atom. The zero-order chi connectivity index (χ0) is 10.6. The number of rotatable bonds is 2. The van der Waals surface area contributed by atoms with Crippen LogP contribution >= 0.6 is 0 Å². The molecule has 1 N–H and O–H groups in total. The zero-order valence-electron chi connectivity index (χ0n) is 8.09. The summed E-state index contributed by atoms with van der Waals surface area (Å²) in [4.78, 5) is 10.8. The highest BCUT2D eigenvalue weighted by molar-refractivity contribution is 5.72. The van der Waals surface area contributed by atoms with Gasteiger partial charge in [0, 0.05) is 5.92 Å². The summed E-state index contributed by atoms with van der Waals surface area (Å²) in [6, 6.07) is 0. The van der Waals surface area contributed by atoms with Crippen LogP contribution in [0.25, 0.3) is 0 Å². The molecular weight excluding hydrogens is 190 g/mol. The maximum atomic E-state index is 13.5. The molecule has 4 heteroatoms.